The summed E-state index contributed by atoms with van der Waals surface area (Å²) < 4.78 is 35.4. The van der Waals surface area contributed by atoms with Crippen molar-refractivity contribution in [2.24, 2.45) is 11.3 Å². The molecule has 6 rings (SSSR count). The van der Waals surface area contributed by atoms with Crippen molar-refractivity contribution in [2.45, 2.75) is 75.7 Å². The molecule has 1 saturated heterocycles. The highest BCUT2D eigenvalue weighted by atomic mass is 35.5. The molecular weight excluding hydrogens is 562 g/mol. The van der Waals surface area contributed by atoms with Gasteiger partial charge in [0.1, 0.15) is 12.4 Å². The molecule has 10 heteroatoms. The lowest BCUT2D eigenvalue weighted by Crippen LogP contribution is -2.34. The number of rotatable bonds is 0. The number of hydrogen-bond acceptors (Lipinski definition) is 6. The maximum absolute atomic E-state index is 13.4. The van der Waals surface area contributed by atoms with E-state index in [0.717, 1.165) is 69.2 Å². The average molecular weight is 600 g/mol. The van der Waals surface area contributed by atoms with Crippen molar-refractivity contribution in [3.8, 4) is 5.75 Å². The predicted octanol–water partition coefficient (Wildman–Crippen LogP) is 5.07. The van der Waals surface area contributed by atoms with Crippen molar-refractivity contribution >= 4 is 39.1 Å². The number of aryl methyl sites for hydroxylation is 1. The average Bonchev–Trinajstić information content (AvgIpc) is 3.57. The monoisotopic (exact) mass is 599 g/mol. The highest BCUT2D eigenvalue weighted by Gasteiger charge is 2.43. The molecule has 1 spiro atoms. The van der Waals surface area contributed by atoms with Crippen LogP contribution in [0.4, 0.5) is 5.69 Å². The third-order valence-corrected chi connectivity index (χ3v) is 10.9. The Morgan fingerprint density at radius 1 is 0.878 bits per heavy atom. The molecule has 2 aromatic carbocycles. The minimum absolute atomic E-state index is 0.0122. The molecule has 1 atom stereocenters. The quantitative estimate of drug-likeness (QED) is 0.454. The Bertz CT molecular complexity index is 1440. The smallest absolute Gasteiger partial charge is 0.264 e. The summed E-state index contributed by atoms with van der Waals surface area (Å²) in [5.74, 6) is 0.556. The van der Waals surface area contributed by atoms with Crippen LogP contribution in [-0.2, 0) is 32.6 Å². The normalized spacial score (nSPS) is 24.5. The molecule has 0 radical (unpaired) electrons. The SMILES string of the molecule is O=C1CCC2(CCC(=O)N3CCC(C3)CN3CCCCc4cc(Cl)ccc4COc4ccc(cc43)S(=O)(=O)N1)CC2. The van der Waals surface area contributed by atoms with Gasteiger partial charge in [0.25, 0.3) is 10.0 Å². The van der Waals surface area contributed by atoms with E-state index in [0.29, 0.717) is 49.0 Å². The van der Waals surface area contributed by atoms with Crippen molar-refractivity contribution in [3.05, 3.63) is 52.5 Å². The Balaban J connectivity index is 1.35. The Morgan fingerprint density at radius 3 is 2.51 bits per heavy atom. The summed E-state index contributed by atoms with van der Waals surface area (Å²) in [7, 11) is -4.06. The molecule has 8 nitrogen and oxygen atoms in total. The van der Waals surface area contributed by atoms with E-state index in [9.17, 15) is 18.0 Å². The van der Waals surface area contributed by atoms with Crippen molar-refractivity contribution in [1.29, 1.82) is 0 Å². The number of halogens is 1. The number of anilines is 1. The fraction of sp³-hybridized carbons (Fsp3) is 0.548. The van der Waals surface area contributed by atoms with Gasteiger partial charge in [0.05, 0.1) is 10.6 Å². The van der Waals surface area contributed by atoms with Gasteiger partial charge in [-0.15, -0.1) is 0 Å². The molecule has 4 bridgehead atoms. The van der Waals surface area contributed by atoms with Gasteiger partial charge in [-0.2, -0.15) is 0 Å². The highest BCUT2D eigenvalue weighted by Crippen LogP contribution is 2.53. The van der Waals surface area contributed by atoms with Crippen LogP contribution < -0.4 is 14.4 Å². The summed E-state index contributed by atoms with van der Waals surface area (Å²) in [6.07, 6.45) is 7.59. The zero-order valence-electron chi connectivity index (χ0n) is 23.4. The molecule has 3 aliphatic heterocycles. The van der Waals surface area contributed by atoms with Crippen LogP contribution in [0, 0.1) is 11.3 Å². The second-order valence-electron chi connectivity index (χ2n) is 12.3. The van der Waals surface area contributed by atoms with Gasteiger partial charge in [0, 0.05) is 44.0 Å². The van der Waals surface area contributed by atoms with Crippen molar-refractivity contribution in [2.75, 3.05) is 31.1 Å². The number of benzene rings is 2. The van der Waals surface area contributed by atoms with E-state index in [1.807, 2.05) is 23.1 Å². The number of hydrogen-bond donors (Lipinski definition) is 1. The van der Waals surface area contributed by atoms with Crippen molar-refractivity contribution < 1.29 is 22.7 Å². The molecule has 1 unspecified atom stereocenters. The molecule has 3 heterocycles. The first-order chi connectivity index (χ1) is 19.7. The van der Waals surface area contributed by atoms with Gasteiger partial charge in [0.15, 0.2) is 0 Å². The lowest BCUT2D eigenvalue weighted by molar-refractivity contribution is -0.130. The Morgan fingerprint density at radius 2 is 1.68 bits per heavy atom. The number of ether oxygens (including phenoxy) is 1. The number of carbonyl (C=O) groups is 2. The summed E-state index contributed by atoms with van der Waals surface area (Å²) >= 11 is 6.29. The number of carbonyl (C=O) groups excluding carboxylic acids is 2. The molecule has 1 aliphatic carbocycles. The minimum Gasteiger partial charge on any atom is -0.487 e. The van der Waals surface area contributed by atoms with Crippen LogP contribution >= 0.6 is 11.6 Å². The summed E-state index contributed by atoms with van der Waals surface area (Å²) in [5, 5.41) is 0.699. The van der Waals surface area contributed by atoms with E-state index in [1.54, 1.807) is 12.1 Å². The Hall–Kier alpha value is -2.78. The zero-order chi connectivity index (χ0) is 28.6. The van der Waals surface area contributed by atoms with Crippen molar-refractivity contribution in [3.63, 3.8) is 0 Å². The van der Waals surface area contributed by atoms with Gasteiger partial charge >= 0.3 is 0 Å². The second-order valence-corrected chi connectivity index (χ2v) is 14.4. The maximum atomic E-state index is 13.4. The van der Waals surface area contributed by atoms with E-state index < -0.39 is 15.9 Å². The van der Waals surface area contributed by atoms with Gasteiger partial charge in [-0.3, -0.25) is 9.59 Å². The van der Waals surface area contributed by atoms with Gasteiger partial charge < -0.3 is 14.5 Å². The van der Waals surface area contributed by atoms with E-state index in [-0.39, 0.29) is 28.6 Å². The van der Waals surface area contributed by atoms with Crippen LogP contribution in [0.3, 0.4) is 0 Å². The first-order valence-electron chi connectivity index (χ1n) is 14.8. The highest BCUT2D eigenvalue weighted by molar-refractivity contribution is 7.90. The number of amides is 2. The Kier molecular flexibility index (Phi) is 7.94. The first kappa shape index (κ1) is 28.3. The number of fused-ring (bicyclic) bond motifs is 4. The fourth-order valence-electron chi connectivity index (χ4n) is 6.58. The molecule has 41 heavy (non-hydrogen) atoms. The predicted molar refractivity (Wildman–Crippen MR) is 158 cm³/mol. The molecule has 220 valence electrons. The minimum atomic E-state index is -4.06. The van der Waals surface area contributed by atoms with E-state index >= 15 is 0 Å². The third-order valence-electron chi connectivity index (χ3n) is 9.33. The molecular formula is C31H38ClN3O5S. The first-order valence-corrected chi connectivity index (χ1v) is 16.7. The third kappa shape index (κ3) is 6.51. The summed E-state index contributed by atoms with van der Waals surface area (Å²) in [6.45, 7) is 3.21. The Labute approximate surface area is 247 Å². The van der Waals surface area contributed by atoms with E-state index in [1.165, 1.54) is 6.07 Å². The van der Waals surface area contributed by atoms with E-state index in [2.05, 4.69) is 9.62 Å². The molecule has 0 aromatic heterocycles. The van der Waals surface area contributed by atoms with Crippen LogP contribution in [0.15, 0.2) is 41.3 Å². The largest absolute Gasteiger partial charge is 0.487 e. The topological polar surface area (TPSA) is 96.0 Å². The van der Waals surface area contributed by atoms with Crippen LogP contribution in [0.25, 0.3) is 0 Å². The maximum Gasteiger partial charge on any atom is 0.264 e. The molecule has 1 saturated carbocycles. The van der Waals surface area contributed by atoms with Crippen LogP contribution in [0.2, 0.25) is 5.02 Å². The molecule has 2 fully saturated rings. The van der Waals surface area contributed by atoms with Gasteiger partial charge in [0.2, 0.25) is 11.8 Å². The molecule has 2 amide bonds. The standard InChI is InChI=1S/C31H38ClN3O5S/c32-25-5-4-24-21-40-28-7-6-26-18-27(28)34(15-2-1-3-23(24)17-25)19-22-10-16-35(20-22)30(37)9-12-31(13-14-31)11-8-29(36)33-41(26,38)39/h4-7,17-18,22H,1-3,8-16,19-21H2,(H,33,36). The van der Waals surface area contributed by atoms with Crippen LogP contribution in [0.5, 0.6) is 5.75 Å². The lowest BCUT2D eigenvalue weighted by atomic mass is 9.94. The number of nitrogens with zero attached hydrogens (tertiary/aromatic N) is 2. The second kappa shape index (κ2) is 11.5. The van der Waals surface area contributed by atoms with Crippen LogP contribution in [0.1, 0.15) is 68.9 Å². The number of nitrogens with one attached hydrogen (secondary N) is 1. The van der Waals surface area contributed by atoms with Crippen LogP contribution in [-0.4, -0.2) is 51.3 Å². The lowest BCUT2D eigenvalue weighted by Gasteiger charge is -2.30. The summed E-state index contributed by atoms with van der Waals surface area (Å²) in [4.78, 5) is 30.2. The van der Waals surface area contributed by atoms with E-state index in [4.69, 9.17) is 16.3 Å². The fourth-order valence-corrected chi connectivity index (χ4v) is 7.80. The van der Waals surface area contributed by atoms with Gasteiger partial charge in [-0.25, -0.2) is 13.1 Å². The summed E-state index contributed by atoms with van der Waals surface area (Å²) in [5.41, 5.74) is 2.90. The summed E-state index contributed by atoms with van der Waals surface area (Å²) in [6, 6.07) is 10.7. The molecule has 1 N–H and O–H groups in total. The number of sulfonamides is 1. The van der Waals surface area contributed by atoms with Gasteiger partial charge in [-0.05, 0) is 104 Å². The zero-order valence-corrected chi connectivity index (χ0v) is 24.9. The molecule has 4 aliphatic rings. The van der Waals surface area contributed by atoms with Gasteiger partial charge in [-0.1, -0.05) is 17.7 Å². The molecule has 2 aromatic rings. The van der Waals surface area contributed by atoms with Crippen molar-refractivity contribution in [1.82, 2.24) is 9.62 Å².